The maximum atomic E-state index is 12.8. The summed E-state index contributed by atoms with van der Waals surface area (Å²) in [7, 11) is -0.446. The van der Waals surface area contributed by atoms with Gasteiger partial charge in [-0.1, -0.05) is 6.92 Å². The number of pyridine rings is 1. The van der Waals surface area contributed by atoms with Gasteiger partial charge in [0.15, 0.2) is 31.2 Å². The Morgan fingerprint density at radius 1 is 1.23 bits per heavy atom. The molecule has 3 aromatic rings. The Kier molecular flexibility index (Phi) is 4.90. The molecule has 30 heavy (non-hydrogen) atoms. The van der Waals surface area contributed by atoms with E-state index in [2.05, 4.69) is 15.0 Å². The molecular formula is C17H18F3N5O3S2. The average molecular weight is 461 g/mol. The molecule has 1 saturated carbocycles. The number of nitrogens with zero attached hydrogens (tertiary/aromatic N) is 5. The van der Waals surface area contributed by atoms with Gasteiger partial charge in [-0.15, -0.1) is 13.2 Å². The predicted octanol–water partition coefficient (Wildman–Crippen LogP) is 2.67. The summed E-state index contributed by atoms with van der Waals surface area (Å²) in [6.07, 6.45) is 2.70. The normalized spacial score (nSPS) is 16.4. The molecule has 0 bridgehead atoms. The summed E-state index contributed by atoms with van der Waals surface area (Å²) in [4.78, 5) is 12.3. The van der Waals surface area contributed by atoms with Crippen LogP contribution in [0.25, 0.3) is 22.7 Å². The molecule has 3 aromatic heterocycles. The van der Waals surface area contributed by atoms with Gasteiger partial charge in [-0.3, -0.25) is 0 Å². The van der Waals surface area contributed by atoms with Gasteiger partial charge in [-0.2, -0.15) is 0 Å². The van der Waals surface area contributed by atoms with Crippen LogP contribution in [-0.2, 0) is 35.1 Å². The molecule has 8 nitrogen and oxygen atoms in total. The average Bonchev–Trinajstić information content (AvgIpc) is 3.39. The van der Waals surface area contributed by atoms with E-state index in [0.717, 1.165) is 25.1 Å². The third-order valence-electron chi connectivity index (χ3n) is 5.01. The number of halogens is 3. The topological polar surface area (TPSA) is 106 Å². The van der Waals surface area contributed by atoms with Crippen LogP contribution in [0.1, 0.15) is 31.5 Å². The van der Waals surface area contributed by atoms with E-state index < -0.39 is 31.4 Å². The number of imidazole rings is 2. The van der Waals surface area contributed by atoms with E-state index in [0.29, 0.717) is 5.82 Å². The van der Waals surface area contributed by atoms with Crippen LogP contribution in [0.5, 0.6) is 0 Å². The van der Waals surface area contributed by atoms with E-state index in [1.165, 1.54) is 11.5 Å². The number of alkyl halides is 3. The number of rotatable bonds is 5. The van der Waals surface area contributed by atoms with Crippen molar-refractivity contribution in [2.24, 2.45) is 14.1 Å². The highest BCUT2D eigenvalue weighted by Gasteiger charge is 2.46. The number of aryl methyl sites for hydroxylation is 1. The Hall–Kier alpha value is -2.12. The van der Waals surface area contributed by atoms with Crippen molar-refractivity contribution >= 4 is 32.2 Å². The lowest BCUT2D eigenvalue weighted by atomic mass is 10.4. The third kappa shape index (κ3) is 3.38. The van der Waals surface area contributed by atoms with Crippen molar-refractivity contribution in [2.75, 3.05) is 5.75 Å². The van der Waals surface area contributed by atoms with E-state index in [1.54, 1.807) is 18.7 Å². The highest BCUT2D eigenvalue weighted by Crippen LogP contribution is 2.42. The molecule has 0 spiro atoms. The fraction of sp³-hybridized carbons (Fsp3) is 0.471. The van der Waals surface area contributed by atoms with Crippen LogP contribution < -0.4 is 0 Å². The number of fused-ring (bicyclic) bond motifs is 1. The maximum absolute atomic E-state index is 12.8. The van der Waals surface area contributed by atoms with E-state index >= 15 is 0 Å². The number of hydrogen-bond donors (Lipinski definition) is 0. The molecule has 0 saturated heterocycles. The molecule has 4 rings (SSSR count). The monoisotopic (exact) mass is 461 g/mol. The quantitative estimate of drug-likeness (QED) is 0.541. The zero-order valence-corrected chi connectivity index (χ0v) is 17.9. The first-order chi connectivity index (χ1) is 14.0. The van der Waals surface area contributed by atoms with Crippen LogP contribution in [0.2, 0.25) is 0 Å². The van der Waals surface area contributed by atoms with Gasteiger partial charge in [-0.25, -0.2) is 23.4 Å². The van der Waals surface area contributed by atoms with Gasteiger partial charge in [0, 0.05) is 26.1 Å². The second kappa shape index (κ2) is 6.95. The van der Waals surface area contributed by atoms with E-state index in [9.17, 15) is 26.1 Å². The summed E-state index contributed by atoms with van der Waals surface area (Å²) in [5.74, 6) is 0.835. The summed E-state index contributed by atoms with van der Waals surface area (Å²) in [6, 6.07) is 1.05. The second-order valence-corrected chi connectivity index (χ2v) is 10.7. The van der Waals surface area contributed by atoms with Crippen molar-refractivity contribution in [2.45, 2.75) is 41.1 Å². The highest BCUT2D eigenvalue weighted by molar-refractivity contribution is 7.92. The van der Waals surface area contributed by atoms with E-state index in [4.69, 9.17) is 0 Å². The molecule has 1 unspecified atom stereocenters. The van der Waals surface area contributed by atoms with Crippen LogP contribution in [-0.4, -0.2) is 48.3 Å². The first kappa shape index (κ1) is 21.1. The molecule has 13 heteroatoms. The van der Waals surface area contributed by atoms with E-state index in [1.807, 2.05) is 0 Å². The summed E-state index contributed by atoms with van der Waals surface area (Å²) in [5.41, 5.74) is -4.48. The van der Waals surface area contributed by atoms with Crippen molar-refractivity contribution in [1.82, 2.24) is 24.1 Å². The Labute approximate surface area is 173 Å². The molecule has 0 aliphatic heterocycles. The smallest absolute Gasteiger partial charge is 0.578 e. The Balaban J connectivity index is 1.92. The van der Waals surface area contributed by atoms with Gasteiger partial charge >= 0.3 is 5.51 Å². The molecule has 0 aromatic carbocycles. The third-order valence-corrected chi connectivity index (χ3v) is 7.90. The standard InChI is InChI=1S/C17H18F3N5O3S2/c1-4-30(27,28)16-12(23-13(25(16)3)9-5-6-9)15-22-11-7-10(29(26)17(18,19)20)8-21-14(11)24(15)2/h7-9H,4-6H2,1-3H3. The maximum Gasteiger partial charge on any atom is 0.578 e. The van der Waals surface area contributed by atoms with Crippen molar-refractivity contribution < 1.29 is 26.1 Å². The van der Waals surface area contributed by atoms with Gasteiger partial charge in [0.25, 0.3) is 0 Å². The minimum atomic E-state index is -4.92. The van der Waals surface area contributed by atoms with Crippen molar-refractivity contribution in [3.63, 3.8) is 0 Å². The van der Waals surface area contributed by atoms with Crippen molar-refractivity contribution in [3.8, 4) is 11.5 Å². The summed E-state index contributed by atoms with van der Waals surface area (Å²) in [6.45, 7) is 1.53. The lowest BCUT2D eigenvalue weighted by Gasteiger charge is -2.11. The molecule has 1 aliphatic carbocycles. The van der Waals surface area contributed by atoms with Gasteiger partial charge in [0.1, 0.15) is 28.2 Å². The van der Waals surface area contributed by atoms with Crippen LogP contribution >= 0.6 is 0 Å². The lowest BCUT2D eigenvalue weighted by molar-refractivity contribution is -0.0435. The molecule has 0 N–H and O–H groups in total. The zero-order chi connectivity index (χ0) is 22.0. The molecule has 162 valence electrons. The first-order valence-corrected chi connectivity index (χ1v) is 11.9. The number of sulfone groups is 1. The molecule has 1 atom stereocenters. The largest absolute Gasteiger partial charge is 0.604 e. The van der Waals surface area contributed by atoms with Crippen LogP contribution in [0.15, 0.2) is 22.2 Å². The number of hydrogen-bond acceptors (Lipinski definition) is 6. The summed E-state index contributed by atoms with van der Waals surface area (Å²) >= 11 is -3.24. The van der Waals surface area contributed by atoms with Crippen molar-refractivity contribution in [1.29, 1.82) is 0 Å². The first-order valence-electron chi connectivity index (χ1n) is 9.06. The van der Waals surface area contributed by atoms with E-state index in [-0.39, 0.29) is 39.4 Å². The van der Waals surface area contributed by atoms with Crippen LogP contribution in [0, 0.1) is 0 Å². The zero-order valence-electron chi connectivity index (χ0n) is 16.3. The predicted molar refractivity (Wildman–Crippen MR) is 103 cm³/mol. The Morgan fingerprint density at radius 3 is 2.47 bits per heavy atom. The Bertz CT molecular complexity index is 1250. The number of aromatic nitrogens is 5. The van der Waals surface area contributed by atoms with Gasteiger partial charge in [-0.05, 0) is 12.8 Å². The minimum Gasteiger partial charge on any atom is -0.604 e. The fourth-order valence-corrected chi connectivity index (χ4v) is 5.20. The van der Waals surface area contributed by atoms with Gasteiger partial charge in [0.05, 0.1) is 11.9 Å². The van der Waals surface area contributed by atoms with Crippen LogP contribution in [0.4, 0.5) is 13.2 Å². The van der Waals surface area contributed by atoms with Crippen molar-refractivity contribution in [3.05, 3.63) is 18.1 Å². The molecular weight excluding hydrogens is 443 g/mol. The highest BCUT2D eigenvalue weighted by atomic mass is 32.2. The van der Waals surface area contributed by atoms with Crippen LogP contribution in [0.3, 0.4) is 0 Å². The molecule has 0 amide bonds. The van der Waals surface area contributed by atoms with Gasteiger partial charge in [0.2, 0.25) is 0 Å². The van der Waals surface area contributed by atoms with Gasteiger partial charge < -0.3 is 13.7 Å². The molecule has 1 aliphatic rings. The summed E-state index contributed by atoms with van der Waals surface area (Å²) < 4.78 is 78.6. The minimum absolute atomic E-state index is 0.0180. The fourth-order valence-electron chi connectivity index (χ4n) is 3.35. The SMILES string of the molecule is CCS(=O)(=O)c1c(-c2nc3cc([S+]([O-])C(F)(F)F)cnc3n2C)nc(C2CC2)n1C. The Morgan fingerprint density at radius 2 is 1.90 bits per heavy atom. The lowest BCUT2D eigenvalue weighted by Crippen LogP contribution is -2.23. The molecule has 3 heterocycles. The second-order valence-electron chi connectivity index (χ2n) is 7.08. The summed E-state index contributed by atoms with van der Waals surface area (Å²) in [5, 5.41) is 0.0180. The molecule has 0 radical (unpaired) electrons. The molecule has 1 fully saturated rings.